The van der Waals surface area contributed by atoms with Gasteiger partial charge in [0.1, 0.15) is 0 Å². The van der Waals surface area contributed by atoms with Crippen LogP contribution >= 0.6 is 0 Å². The van der Waals surface area contributed by atoms with Crippen molar-refractivity contribution in [1.82, 2.24) is 10.2 Å². The number of likely N-dealkylation sites (N-methyl/N-ethyl adjacent to an activating group) is 1. The van der Waals surface area contributed by atoms with E-state index >= 15 is 0 Å². The van der Waals surface area contributed by atoms with Gasteiger partial charge < -0.3 is 5.32 Å². The van der Waals surface area contributed by atoms with Crippen molar-refractivity contribution in [1.29, 1.82) is 0 Å². The summed E-state index contributed by atoms with van der Waals surface area (Å²) in [6.45, 7) is 4.65. The molecule has 0 spiro atoms. The Kier molecular flexibility index (Phi) is 4.66. The van der Waals surface area contributed by atoms with Crippen LogP contribution in [0.5, 0.6) is 0 Å². The molecule has 0 saturated heterocycles. The lowest BCUT2D eigenvalue weighted by molar-refractivity contribution is -0.121. The third-order valence-electron chi connectivity index (χ3n) is 2.30. The van der Waals surface area contributed by atoms with Gasteiger partial charge in [-0.25, -0.2) is 0 Å². The fourth-order valence-corrected chi connectivity index (χ4v) is 1.38. The maximum Gasteiger partial charge on any atom is 0.233 e. The van der Waals surface area contributed by atoms with Crippen LogP contribution in [0.1, 0.15) is 19.8 Å². The minimum atomic E-state index is 0.104. The molecule has 1 radical (unpaired) electrons. The fraction of sp³-hybridized carbons (Fsp3) is 0.636. The first-order valence-corrected chi connectivity index (χ1v) is 5.23. The van der Waals surface area contributed by atoms with Crippen molar-refractivity contribution in [3.63, 3.8) is 0 Å². The lowest BCUT2D eigenvalue weighted by Gasteiger charge is -2.19. The number of carbonyl (C=O) groups excluding carboxylic acids is 1. The van der Waals surface area contributed by atoms with Crippen LogP contribution < -0.4 is 5.32 Å². The van der Waals surface area contributed by atoms with E-state index in [0.717, 1.165) is 25.9 Å². The Morgan fingerprint density at radius 3 is 2.71 bits per heavy atom. The second-order valence-corrected chi connectivity index (χ2v) is 3.61. The number of carbonyl (C=O) groups is 1. The highest BCUT2D eigenvalue weighted by molar-refractivity contribution is 5.77. The largest absolute Gasteiger partial charge is 0.358 e. The fourth-order valence-electron chi connectivity index (χ4n) is 1.38. The molecule has 1 rings (SSSR count). The van der Waals surface area contributed by atoms with Crippen molar-refractivity contribution in [2.45, 2.75) is 19.8 Å². The molecule has 0 unspecified atom stereocenters. The molecule has 1 aliphatic rings. The van der Waals surface area contributed by atoms with E-state index < -0.39 is 0 Å². The van der Waals surface area contributed by atoms with Crippen LogP contribution in [0.3, 0.4) is 0 Å². The Hall–Kier alpha value is -0.830. The first-order chi connectivity index (χ1) is 6.76. The standard InChI is InChI=1S/C11H19N2O/c1-3-7-13(9-11(14)12-2)8-6-10-4-5-10/h4-5H,3,6-9H2,1-2H3,(H,12,14). The van der Waals surface area contributed by atoms with Crippen molar-refractivity contribution in [2.24, 2.45) is 0 Å². The third kappa shape index (κ3) is 4.42. The Morgan fingerprint density at radius 2 is 2.21 bits per heavy atom. The molecule has 0 fully saturated rings. The average molecular weight is 195 g/mol. The molecular formula is C11H19N2O. The van der Waals surface area contributed by atoms with Crippen LogP contribution in [0.2, 0.25) is 0 Å². The van der Waals surface area contributed by atoms with Crippen molar-refractivity contribution in [3.05, 3.63) is 18.1 Å². The molecule has 0 aromatic heterocycles. The Morgan fingerprint density at radius 1 is 1.50 bits per heavy atom. The Bertz CT molecular complexity index is 223. The number of nitrogens with zero attached hydrogens (tertiary/aromatic N) is 1. The quantitative estimate of drug-likeness (QED) is 0.656. The van der Waals surface area contributed by atoms with Crippen LogP contribution in [-0.2, 0) is 4.79 Å². The second kappa shape index (κ2) is 5.81. The first-order valence-electron chi connectivity index (χ1n) is 5.23. The summed E-state index contributed by atoms with van der Waals surface area (Å²) >= 11 is 0. The molecular weight excluding hydrogens is 176 g/mol. The monoisotopic (exact) mass is 195 g/mol. The smallest absolute Gasteiger partial charge is 0.233 e. The normalized spacial score (nSPS) is 14.1. The molecule has 1 amide bonds. The van der Waals surface area contributed by atoms with Crippen LogP contribution in [-0.4, -0.2) is 37.5 Å². The number of amides is 1. The minimum absolute atomic E-state index is 0.104. The zero-order chi connectivity index (χ0) is 10.4. The van der Waals surface area contributed by atoms with Crippen molar-refractivity contribution in [3.8, 4) is 0 Å². The molecule has 3 heteroatoms. The van der Waals surface area contributed by atoms with Gasteiger partial charge in [0.25, 0.3) is 0 Å². The number of hydrogen-bond acceptors (Lipinski definition) is 2. The number of rotatable bonds is 7. The van der Waals surface area contributed by atoms with Crippen LogP contribution in [0.15, 0.2) is 11.6 Å². The maximum absolute atomic E-state index is 11.2. The van der Waals surface area contributed by atoms with E-state index in [9.17, 15) is 4.79 Å². The molecule has 14 heavy (non-hydrogen) atoms. The Labute approximate surface area is 86.2 Å². The SMILES string of the molecule is CCCN(CCC1=C[CH]1)CC(=O)NC. The summed E-state index contributed by atoms with van der Waals surface area (Å²) in [4.78, 5) is 13.4. The molecule has 0 aromatic carbocycles. The van der Waals surface area contributed by atoms with Crippen LogP contribution in [0.25, 0.3) is 0 Å². The summed E-state index contributed by atoms with van der Waals surface area (Å²) in [7, 11) is 1.68. The zero-order valence-electron chi connectivity index (χ0n) is 9.05. The van der Waals surface area contributed by atoms with Gasteiger partial charge in [-0.2, -0.15) is 0 Å². The summed E-state index contributed by atoms with van der Waals surface area (Å²) in [6.07, 6.45) is 6.44. The molecule has 0 atom stereocenters. The first kappa shape index (κ1) is 11.2. The molecule has 0 heterocycles. The molecule has 1 aliphatic carbocycles. The second-order valence-electron chi connectivity index (χ2n) is 3.61. The molecule has 0 saturated carbocycles. The summed E-state index contributed by atoms with van der Waals surface area (Å²) in [5, 5.41) is 2.65. The summed E-state index contributed by atoms with van der Waals surface area (Å²) in [5.41, 5.74) is 1.42. The van der Waals surface area contributed by atoms with Gasteiger partial charge in [-0.05, 0) is 19.4 Å². The van der Waals surface area contributed by atoms with E-state index in [0.29, 0.717) is 6.54 Å². The summed E-state index contributed by atoms with van der Waals surface area (Å²) in [6, 6.07) is 0. The van der Waals surface area contributed by atoms with Crippen LogP contribution in [0, 0.1) is 6.42 Å². The molecule has 3 nitrogen and oxygen atoms in total. The third-order valence-corrected chi connectivity index (χ3v) is 2.30. The molecule has 0 aromatic rings. The van der Waals surface area contributed by atoms with Gasteiger partial charge in [-0.3, -0.25) is 9.69 Å². The lowest BCUT2D eigenvalue weighted by atomic mass is 10.3. The lowest BCUT2D eigenvalue weighted by Crippen LogP contribution is -2.36. The number of allylic oxidation sites excluding steroid dienone is 1. The van der Waals surface area contributed by atoms with Gasteiger partial charge in [-0.15, -0.1) is 0 Å². The van der Waals surface area contributed by atoms with E-state index in [4.69, 9.17) is 0 Å². The van der Waals surface area contributed by atoms with Gasteiger partial charge >= 0.3 is 0 Å². The van der Waals surface area contributed by atoms with Gasteiger partial charge in [0.15, 0.2) is 0 Å². The van der Waals surface area contributed by atoms with E-state index in [1.165, 1.54) is 5.57 Å². The van der Waals surface area contributed by atoms with Crippen LogP contribution in [0.4, 0.5) is 0 Å². The van der Waals surface area contributed by atoms with Gasteiger partial charge in [0, 0.05) is 20.0 Å². The van der Waals surface area contributed by atoms with Gasteiger partial charge in [0.2, 0.25) is 5.91 Å². The average Bonchev–Trinajstić information content (AvgIpc) is 2.98. The molecule has 0 aliphatic heterocycles. The predicted molar refractivity (Wildman–Crippen MR) is 57.8 cm³/mol. The molecule has 0 bridgehead atoms. The van der Waals surface area contributed by atoms with E-state index in [-0.39, 0.29) is 5.91 Å². The molecule has 1 N–H and O–H groups in total. The summed E-state index contributed by atoms with van der Waals surface area (Å²) < 4.78 is 0. The van der Waals surface area contributed by atoms with E-state index in [1.54, 1.807) is 7.05 Å². The molecule has 79 valence electrons. The Balaban J connectivity index is 2.21. The van der Waals surface area contributed by atoms with Gasteiger partial charge in [0.05, 0.1) is 6.54 Å². The van der Waals surface area contributed by atoms with Crippen molar-refractivity contribution in [2.75, 3.05) is 26.7 Å². The van der Waals surface area contributed by atoms with Crippen molar-refractivity contribution < 1.29 is 4.79 Å². The van der Waals surface area contributed by atoms with E-state index in [1.807, 2.05) is 0 Å². The maximum atomic E-state index is 11.2. The highest BCUT2D eigenvalue weighted by Crippen LogP contribution is 2.20. The number of nitrogens with one attached hydrogen (secondary N) is 1. The topological polar surface area (TPSA) is 32.3 Å². The predicted octanol–water partition coefficient (Wildman–Crippen LogP) is 0.979. The van der Waals surface area contributed by atoms with Crippen molar-refractivity contribution >= 4 is 5.91 Å². The van der Waals surface area contributed by atoms with Gasteiger partial charge in [-0.1, -0.05) is 18.6 Å². The summed E-state index contributed by atoms with van der Waals surface area (Å²) in [5.74, 6) is 0.104. The number of hydrogen-bond donors (Lipinski definition) is 1. The highest BCUT2D eigenvalue weighted by atomic mass is 16.1. The highest BCUT2D eigenvalue weighted by Gasteiger charge is 2.12. The zero-order valence-corrected chi connectivity index (χ0v) is 9.05. The minimum Gasteiger partial charge on any atom is -0.358 e. The van der Waals surface area contributed by atoms with E-state index in [2.05, 4.69) is 29.6 Å².